The largest absolute Gasteiger partial charge is 0.495 e. The van der Waals surface area contributed by atoms with Crippen molar-refractivity contribution in [3.63, 3.8) is 0 Å². The first-order chi connectivity index (χ1) is 11.9. The Kier molecular flexibility index (Phi) is 5.31. The predicted molar refractivity (Wildman–Crippen MR) is 95.2 cm³/mol. The Bertz CT molecular complexity index is 738. The van der Waals surface area contributed by atoms with E-state index >= 15 is 0 Å². The Hall–Kier alpha value is -1.64. The van der Waals surface area contributed by atoms with E-state index in [1.807, 2.05) is 0 Å². The number of benzene rings is 1. The maximum atomic E-state index is 12.7. The van der Waals surface area contributed by atoms with Crippen LogP contribution < -0.4 is 14.8 Å². The summed E-state index contributed by atoms with van der Waals surface area (Å²) in [7, 11) is -2.17. The number of rotatable bonds is 6. The van der Waals surface area contributed by atoms with Crippen molar-refractivity contribution < 1.29 is 17.9 Å². The number of nitrogens with zero attached hydrogens (tertiary/aromatic N) is 1. The van der Waals surface area contributed by atoms with Crippen LogP contribution in [0, 0.1) is 0 Å². The van der Waals surface area contributed by atoms with Crippen LogP contribution in [0.5, 0.6) is 5.75 Å². The molecule has 0 atom stereocenters. The summed E-state index contributed by atoms with van der Waals surface area (Å²) in [6, 6.07) is 5.15. The van der Waals surface area contributed by atoms with Crippen LogP contribution in [-0.2, 0) is 14.8 Å². The predicted octanol–water partition coefficient (Wildman–Crippen LogP) is 1.56. The first-order valence-electron chi connectivity index (χ1n) is 8.61. The number of hydrogen-bond donors (Lipinski definition) is 2. The van der Waals surface area contributed by atoms with Crippen molar-refractivity contribution in [3.05, 3.63) is 18.2 Å². The van der Waals surface area contributed by atoms with Gasteiger partial charge in [0.2, 0.25) is 15.9 Å². The van der Waals surface area contributed by atoms with Gasteiger partial charge in [-0.25, -0.2) is 13.1 Å². The number of anilines is 1. The average molecular weight is 367 g/mol. The molecule has 25 heavy (non-hydrogen) atoms. The quantitative estimate of drug-likeness (QED) is 0.797. The van der Waals surface area contributed by atoms with E-state index in [9.17, 15) is 13.2 Å². The molecule has 2 N–H and O–H groups in total. The van der Waals surface area contributed by atoms with Crippen molar-refractivity contribution in [1.82, 2.24) is 9.62 Å². The maximum absolute atomic E-state index is 12.7. The maximum Gasteiger partial charge on any atom is 0.240 e. The molecule has 2 fully saturated rings. The topological polar surface area (TPSA) is 87.7 Å². The Morgan fingerprint density at radius 2 is 1.88 bits per heavy atom. The molecule has 1 saturated carbocycles. The lowest BCUT2D eigenvalue weighted by Gasteiger charge is -2.32. The lowest BCUT2D eigenvalue weighted by Crippen LogP contribution is -2.45. The molecular weight excluding hydrogens is 342 g/mol. The van der Waals surface area contributed by atoms with E-state index in [0.29, 0.717) is 11.4 Å². The van der Waals surface area contributed by atoms with Crippen LogP contribution in [0.1, 0.15) is 32.6 Å². The van der Waals surface area contributed by atoms with E-state index in [0.717, 1.165) is 32.0 Å². The van der Waals surface area contributed by atoms with Crippen molar-refractivity contribution in [3.8, 4) is 5.75 Å². The standard InChI is InChI=1S/C17H25N3O4S/c1-12(21)18-16-11-15(5-6-17(16)24-2)25(22,23)19-13-7-9-20(10-8-13)14-3-4-14/h5-6,11,13-14,19H,3-4,7-10H2,1-2H3,(H,18,21). The number of ether oxygens (including phenoxy) is 1. The van der Waals surface area contributed by atoms with Gasteiger partial charge in [0, 0.05) is 19.0 Å². The normalized spacial score (nSPS) is 19.6. The lowest BCUT2D eigenvalue weighted by molar-refractivity contribution is -0.114. The molecule has 1 aromatic rings. The third-order valence-corrected chi connectivity index (χ3v) is 6.22. The van der Waals surface area contributed by atoms with Crippen LogP contribution >= 0.6 is 0 Å². The molecule has 0 radical (unpaired) electrons. The number of carbonyl (C=O) groups excluding carboxylic acids is 1. The van der Waals surface area contributed by atoms with Gasteiger partial charge in [0.25, 0.3) is 0 Å². The van der Waals surface area contributed by atoms with Gasteiger partial charge < -0.3 is 15.0 Å². The van der Waals surface area contributed by atoms with Gasteiger partial charge in [0.05, 0.1) is 17.7 Å². The lowest BCUT2D eigenvalue weighted by atomic mass is 10.1. The zero-order chi connectivity index (χ0) is 18.0. The minimum absolute atomic E-state index is 0.0497. The van der Waals surface area contributed by atoms with E-state index in [1.54, 1.807) is 6.07 Å². The van der Waals surface area contributed by atoms with Crippen LogP contribution in [0.4, 0.5) is 5.69 Å². The molecule has 138 valence electrons. The van der Waals surface area contributed by atoms with Gasteiger partial charge in [-0.15, -0.1) is 0 Å². The van der Waals surface area contributed by atoms with Crippen molar-refractivity contribution in [2.45, 2.75) is 49.6 Å². The molecule has 2 aliphatic rings. The summed E-state index contributed by atoms with van der Waals surface area (Å²) in [6.07, 6.45) is 4.19. The van der Waals surface area contributed by atoms with Crippen LogP contribution in [-0.4, -0.2) is 51.5 Å². The second-order valence-electron chi connectivity index (χ2n) is 6.71. The van der Waals surface area contributed by atoms with Crippen LogP contribution in [0.25, 0.3) is 0 Å². The van der Waals surface area contributed by atoms with Gasteiger partial charge in [0.15, 0.2) is 0 Å². The molecule has 0 spiro atoms. The van der Waals surface area contributed by atoms with Crippen molar-refractivity contribution in [2.24, 2.45) is 0 Å². The monoisotopic (exact) mass is 367 g/mol. The number of piperidine rings is 1. The Balaban J connectivity index is 1.70. The highest BCUT2D eigenvalue weighted by Gasteiger charge is 2.33. The fraction of sp³-hybridized carbons (Fsp3) is 0.588. The van der Waals surface area contributed by atoms with Crippen molar-refractivity contribution in [1.29, 1.82) is 0 Å². The number of sulfonamides is 1. The first-order valence-corrected chi connectivity index (χ1v) is 10.1. The van der Waals surface area contributed by atoms with Gasteiger partial charge in [-0.3, -0.25) is 4.79 Å². The summed E-state index contributed by atoms with van der Waals surface area (Å²) in [5, 5.41) is 2.60. The smallest absolute Gasteiger partial charge is 0.240 e. The molecule has 0 bridgehead atoms. The molecule has 1 heterocycles. The molecule has 1 amide bonds. The molecule has 3 rings (SSSR count). The number of likely N-dealkylation sites (tertiary alicyclic amines) is 1. The van der Waals surface area contributed by atoms with Crippen LogP contribution in [0.15, 0.2) is 23.1 Å². The molecule has 0 aromatic heterocycles. The van der Waals surface area contributed by atoms with Gasteiger partial charge in [-0.05, 0) is 57.0 Å². The van der Waals surface area contributed by atoms with Gasteiger partial charge in [-0.1, -0.05) is 0 Å². The molecule has 8 heteroatoms. The SMILES string of the molecule is COc1ccc(S(=O)(=O)NC2CCN(C3CC3)CC2)cc1NC(C)=O. The van der Waals surface area contributed by atoms with E-state index in [4.69, 9.17) is 4.74 Å². The van der Waals surface area contributed by atoms with Gasteiger partial charge in [-0.2, -0.15) is 0 Å². The second-order valence-corrected chi connectivity index (χ2v) is 8.42. The third-order valence-electron chi connectivity index (χ3n) is 4.71. The highest BCUT2D eigenvalue weighted by Crippen LogP contribution is 2.30. The van der Waals surface area contributed by atoms with Crippen molar-refractivity contribution in [2.75, 3.05) is 25.5 Å². The highest BCUT2D eigenvalue weighted by atomic mass is 32.2. The summed E-state index contributed by atoms with van der Waals surface area (Å²) < 4.78 is 33.3. The average Bonchev–Trinajstić information content (AvgIpc) is 3.39. The molecular formula is C17H25N3O4S. The van der Waals surface area contributed by atoms with Crippen LogP contribution in [0.2, 0.25) is 0 Å². The molecule has 0 unspecified atom stereocenters. The third kappa shape index (κ3) is 4.50. The Morgan fingerprint density at radius 3 is 2.44 bits per heavy atom. The van der Waals surface area contributed by atoms with Gasteiger partial charge >= 0.3 is 0 Å². The fourth-order valence-electron chi connectivity index (χ4n) is 3.25. The summed E-state index contributed by atoms with van der Waals surface area (Å²) >= 11 is 0. The fourth-order valence-corrected chi connectivity index (χ4v) is 4.58. The molecule has 1 aliphatic heterocycles. The molecule has 1 aliphatic carbocycles. The van der Waals surface area contributed by atoms with Crippen LogP contribution in [0.3, 0.4) is 0 Å². The van der Waals surface area contributed by atoms with E-state index < -0.39 is 10.0 Å². The first kappa shape index (κ1) is 18.2. The summed E-state index contributed by atoms with van der Waals surface area (Å²) in [6.45, 7) is 3.25. The zero-order valence-corrected chi connectivity index (χ0v) is 15.4. The zero-order valence-electron chi connectivity index (χ0n) is 14.6. The van der Waals surface area contributed by atoms with Gasteiger partial charge in [0.1, 0.15) is 5.75 Å². The molecule has 7 nitrogen and oxygen atoms in total. The van der Waals surface area contributed by atoms with Crippen molar-refractivity contribution >= 4 is 21.6 Å². The summed E-state index contributed by atoms with van der Waals surface area (Å²) in [5.74, 6) is 0.139. The second kappa shape index (κ2) is 7.31. The van der Waals surface area contributed by atoms with E-state index in [2.05, 4.69) is 14.9 Å². The minimum atomic E-state index is -3.64. The Labute approximate surface area is 148 Å². The number of amides is 1. The number of methoxy groups -OCH3 is 1. The summed E-state index contributed by atoms with van der Waals surface area (Å²) in [4.78, 5) is 13.9. The number of nitrogens with one attached hydrogen (secondary N) is 2. The minimum Gasteiger partial charge on any atom is -0.495 e. The van der Waals surface area contributed by atoms with E-state index in [1.165, 1.54) is 39.0 Å². The van der Waals surface area contributed by atoms with E-state index in [-0.39, 0.29) is 16.8 Å². The number of hydrogen-bond acceptors (Lipinski definition) is 5. The highest BCUT2D eigenvalue weighted by molar-refractivity contribution is 7.89. The molecule has 1 aromatic carbocycles. The Morgan fingerprint density at radius 1 is 1.20 bits per heavy atom. The molecule has 1 saturated heterocycles. The number of carbonyl (C=O) groups is 1. The summed E-state index contributed by atoms with van der Waals surface area (Å²) in [5.41, 5.74) is 0.349.